The normalized spacial score (nSPS) is 20.8. The van der Waals surface area contributed by atoms with E-state index in [4.69, 9.17) is 21.1 Å². The van der Waals surface area contributed by atoms with Crippen molar-refractivity contribution < 1.29 is 15.7 Å². The molecule has 0 saturated heterocycles. The Balaban J connectivity index is 0.00000312. The lowest BCUT2D eigenvalue weighted by molar-refractivity contribution is -0.142. The average Bonchev–Trinajstić information content (AvgIpc) is 2.59. The summed E-state index contributed by atoms with van der Waals surface area (Å²) in [7, 11) is 0. The van der Waals surface area contributed by atoms with Crippen LogP contribution in [-0.4, -0.2) is 31.8 Å². The first-order valence-electron chi connectivity index (χ1n) is 8.89. The highest BCUT2D eigenvalue weighted by atomic mass is 35.5. The van der Waals surface area contributed by atoms with E-state index in [1.54, 1.807) is 0 Å². The Kier molecular flexibility index (Phi) is 8.57. The molecule has 2 rings (SSSR count). The van der Waals surface area contributed by atoms with Crippen molar-refractivity contribution in [2.45, 2.75) is 51.7 Å². The van der Waals surface area contributed by atoms with Gasteiger partial charge in [0.2, 0.25) is 0 Å². The molecule has 1 fully saturated rings. The molecule has 0 radical (unpaired) electrons. The Morgan fingerprint density at radius 2 is 1.96 bits per heavy atom. The maximum atomic E-state index is 11.3. The minimum Gasteiger partial charge on any atom is -0.466 e. The molecule has 0 aliphatic heterocycles. The summed E-state index contributed by atoms with van der Waals surface area (Å²) in [6.07, 6.45) is 5.38. The van der Waals surface area contributed by atoms with Crippen molar-refractivity contribution in [1.29, 1.82) is 0 Å². The Morgan fingerprint density at radius 1 is 1.25 bits per heavy atom. The van der Waals surface area contributed by atoms with Gasteiger partial charge in [0, 0.05) is 13.0 Å². The maximum Gasteiger partial charge on any atom is 0.307 e. The highest BCUT2D eigenvalue weighted by molar-refractivity contribution is 6.30. The van der Waals surface area contributed by atoms with Crippen LogP contribution in [0.25, 0.3) is 0 Å². The second-order valence-electron chi connectivity index (χ2n) is 6.34. The van der Waals surface area contributed by atoms with Crippen LogP contribution in [0.3, 0.4) is 0 Å². The van der Waals surface area contributed by atoms with Crippen LogP contribution in [0, 0.1) is 5.92 Å². The molecule has 0 spiro atoms. The van der Waals surface area contributed by atoms with Crippen LogP contribution in [0.15, 0.2) is 24.3 Å². The Bertz CT molecular complexity index is 490. The molecule has 0 bridgehead atoms. The molecular formula is C19H30ClNO3. The summed E-state index contributed by atoms with van der Waals surface area (Å²) in [5.41, 5.74) is 1.17. The van der Waals surface area contributed by atoms with E-state index in [2.05, 4.69) is 5.32 Å². The van der Waals surface area contributed by atoms with Crippen molar-refractivity contribution in [1.82, 2.24) is 5.32 Å². The van der Waals surface area contributed by atoms with Gasteiger partial charge in [-0.25, -0.2) is 0 Å². The van der Waals surface area contributed by atoms with Crippen LogP contribution in [-0.2, 0) is 20.9 Å². The van der Waals surface area contributed by atoms with Crippen LogP contribution < -0.4 is 5.32 Å². The molecule has 4 nitrogen and oxygen atoms in total. The van der Waals surface area contributed by atoms with Gasteiger partial charge in [-0.2, -0.15) is 0 Å². The van der Waals surface area contributed by atoms with Crippen LogP contribution >= 0.6 is 11.6 Å². The number of ether oxygens (including phenoxy) is 2. The number of benzene rings is 1. The predicted octanol–water partition coefficient (Wildman–Crippen LogP) is 4.20. The zero-order chi connectivity index (χ0) is 17.2. The van der Waals surface area contributed by atoms with Crippen molar-refractivity contribution >= 4 is 17.6 Å². The standard InChI is InChI=1S/C19H28ClNO3.H2/c1-2-23-19(22)11-12-21-13-15-5-9-18(10-6-15)24-14-16-3-7-17(20)8-4-16;/h3-4,7-8,15,18,21H,2,5-6,9-14H2,1H3;1H. The largest absolute Gasteiger partial charge is 0.466 e. The number of carbonyl (C=O) groups excluding carboxylic acids is 1. The quantitative estimate of drug-likeness (QED) is 0.532. The average molecular weight is 356 g/mol. The summed E-state index contributed by atoms with van der Waals surface area (Å²) >= 11 is 5.89. The first-order chi connectivity index (χ1) is 11.7. The van der Waals surface area contributed by atoms with Crippen molar-refractivity contribution in [2.75, 3.05) is 19.7 Å². The first-order valence-corrected chi connectivity index (χ1v) is 9.27. The van der Waals surface area contributed by atoms with Crippen LogP contribution in [0.1, 0.15) is 46.0 Å². The summed E-state index contributed by atoms with van der Waals surface area (Å²) in [5, 5.41) is 4.13. The van der Waals surface area contributed by atoms with Crippen LogP contribution in [0.4, 0.5) is 0 Å². The molecule has 1 N–H and O–H groups in total. The summed E-state index contributed by atoms with van der Waals surface area (Å²) in [4.78, 5) is 11.3. The van der Waals surface area contributed by atoms with Crippen molar-refractivity contribution in [2.24, 2.45) is 5.92 Å². The highest BCUT2D eigenvalue weighted by Crippen LogP contribution is 2.26. The Labute approximate surface area is 151 Å². The summed E-state index contributed by atoms with van der Waals surface area (Å²) in [6, 6.07) is 7.83. The second-order valence-corrected chi connectivity index (χ2v) is 6.78. The molecule has 0 atom stereocenters. The van der Waals surface area contributed by atoms with Gasteiger partial charge >= 0.3 is 5.97 Å². The van der Waals surface area contributed by atoms with E-state index in [9.17, 15) is 4.79 Å². The number of rotatable bonds is 9. The molecule has 1 aromatic rings. The molecule has 0 amide bonds. The van der Waals surface area contributed by atoms with E-state index >= 15 is 0 Å². The number of hydrogen-bond acceptors (Lipinski definition) is 4. The van der Waals surface area contributed by atoms with E-state index in [1.807, 2.05) is 31.2 Å². The van der Waals surface area contributed by atoms with Gasteiger partial charge in [-0.15, -0.1) is 0 Å². The van der Waals surface area contributed by atoms with Crippen LogP contribution in [0.5, 0.6) is 0 Å². The second kappa shape index (κ2) is 10.7. The number of halogens is 1. The van der Waals surface area contributed by atoms with Crippen molar-refractivity contribution in [3.8, 4) is 0 Å². The molecule has 136 valence electrons. The van der Waals surface area contributed by atoms with Gasteiger partial charge in [0.05, 0.1) is 25.7 Å². The molecule has 0 heterocycles. The summed E-state index contributed by atoms with van der Waals surface area (Å²) in [6.45, 7) is 4.62. The molecule has 1 saturated carbocycles. The van der Waals surface area contributed by atoms with E-state index in [0.29, 0.717) is 38.2 Å². The van der Waals surface area contributed by atoms with Gasteiger partial charge in [-0.1, -0.05) is 23.7 Å². The third kappa shape index (κ3) is 7.20. The van der Waals surface area contributed by atoms with Gasteiger partial charge in [-0.3, -0.25) is 4.79 Å². The van der Waals surface area contributed by atoms with E-state index in [-0.39, 0.29) is 7.40 Å². The number of hydrogen-bond donors (Lipinski definition) is 1. The fraction of sp³-hybridized carbons (Fsp3) is 0.632. The van der Waals surface area contributed by atoms with Gasteiger partial charge in [-0.05, 0) is 62.8 Å². The topological polar surface area (TPSA) is 47.6 Å². The molecule has 5 heteroatoms. The minimum absolute atomic E-state index is 0. The monoisotopic (exact) mass is 355 g/mol. The third-order valence-electron chi connectivity index (χ3n) is 4.44. The predicted molar refractivity (Wildman–Crippen MR) is 98.2 cm³/mol. The van der Waals surface area contributed by atoms with Gasteiger partial charge < -0.3 is 14.8 Å². The van der Waals surface area contributed by atoms with Gasteiger partial charge in [0.15, 0.2) is 0 Å². The van der Waals surface area contributed by atoms with Crippen molar-refractivity contribution in [3.05, 3.63) is 34.9 Å². The zero-order valence-electron chi connectivity index (χ0n) is 14.4. The molecule has 1 aromatic carbocycles. The maximum absolute atomic E-state index is 11.3. The number of nitrogens with one attached hydrogen (secondary N) is 1. The van der Waals surface area contributed by atoms with E-state index in [0.717, 1.165) is 24.4 Å². The summed E-state index contributed by atoms with van der Waals surface area (Å²) in [5.74, 6) is 0.562. The van der Waals surface area contributed by atoms with E-state index < -0.39 is 0 Å². The molecular weight excluding hydrogens is 326 g/mol. The fourth-order valence-electron chi connectivity index (χ4n) is 3.03. The fourth-order valence-corrected chi connectivity index (χ4v) is 3.15. The Hall–Kier alpha value is -1.10. The smallest absolute Gasteiger partial charge is 0.307 e. The molecule has 1 aliphatic carbocycles. The van der Waals surface area contributed by atoms with Crippen molar-refractivity contribution in [3.63, 3.8) is 0 Å². The SMILES string of the molecule is CCOC(=O)CCNCC1CCC(OCc2ccc(Cl)cc2)CC1.[HH]. The highest BCUT2D eigenvalue weighted by Gasteiger charge is 2.21. The molecule has 0 aromatic heterocycles. The third-order valence-corrected chi connectivity index (χ3v) is 4.69. The molecule has 1 aliphatic rings. The lowest BCUT2D eigenvalue weighted by Crippen LogP contribution is -2.30. The van der Waals surface area contributed by atoms with Gasteiger partial charge in [0.1, 0.15) is 0 Å². The van der Waals surface area contributed by atoms with Gasteiger partial charge in [0.25, 0.3) is 0 Å². The summed E-state index contributed by atoms with van der Waals surface area (Å²) < 4.78 is 10.9. The van der Waals surface area contributed by atoms with E-state index in [1.165, 1.54) is 18.4 Å². The lowest BCUT2D eigenvalue weighted by atomic mass is 9.87. The minimum atomic E-state index is -0.121. The molecule has 0 unspecified atom stereocenters. The first kappa shape index (κ1) is 19.2. The van der Waals surface area contributed by atoms with Crippen LogP contribution in [0.2, 0.25) is 5.02 Å². The number of carbonyl (C=O) groups is 1. The number of esters is 1. The molecule has 24 heavy (non-hydrogen) atoms. The zero-order valence-corrected chi connectivity index (χ0v) is 15.2. The lowest BCUT2D eigenvalue weighted by Gasteiger charge is -2.28. The Morgan fingerprint density at radius 3 is 2.62 bits per heavy atom.